The van der Waals surface area contributed by atoms with Crippen molar-refractivity contribution >= 4 is 16.7 Å². The Kier molecular flexibility index (Phi) is 4.19. The summed E-state index contributed by atoms with van der Waals surface area (Å²) in [6.45, 7) is 1.97. The molecule has 1 fully saturated rings. The molecule has 0 aliphatic heterocycles. The van der Waals surface area contributed by atoms with Crippen molar-refractivity contribution in [3.63, 3.8) is 0 Å². The molecule has 4 aromatic heterocycles. The van der Waals surface area contributed by atoms with Crippen molar-refractivity contribution in [2.45, 2.75) is 31.7 Å². The number of fused-ring (bicyclic) bond motifs is 1. The van der Waals surface area contributed by atoms with Crippen molar-refractivity contribution in [3.05, 3.63) is 42.4 Å². The lowest BCUT2D eigenvalue weighted by Gasteiger charge is -2.44. The summed E-state index contributed by atoms with van der Waals surface area (Å²) in [7, 11) is 0. The lowest BCUT2D eigenvalue weighted by atomic mass is 9.67. The van der Waals surface area contributed by atoms with Gasteiger partial charge in [0.15, 0.2) is 0 Å². The molecule has 1 aliphatic carbocycles. The first-order valence-electron chi connectivity index (χ1n) is 9.94. The summed E-state index contributed by atoms with van der Waals surface area (Å²) in [4.78, 5) is 9.36. The van der Waals surface area contributed by atoms with Crippen molar-refractivity contribution in [2.24, 2.45) is 5.92 Å². The first-order valence-corrected chi connectivity index (χ1v) is 9.94. The van der Waals surface area contributed by atoms with Crippen LogP contribution < -0.4 is 5.73 Å². The van der Waals surface area contributed by atoms with Crippen molar-refractivity contribution in [3.8, 4) is 34.8 Å². The van der Waals surface area contributed by atoms with E-state index in [-0.39, 0.29) is 5.92 Å². The first-order chi connectivity index (χ1) is 15.0. The second-order valence-corrected chi connectivity index (χ2v) is 8.00. The maximum Gasteiger partial charge on any atom is 0.128 e. The van der Waals surface area contributed by atoms with E-state index in [1.807, 2.05) is 35.9 Å². The second kappa shape index (κ2) is 6.92. The molecule has 3 N–H and O–H groups in total. The van der Waals surface area contributed by atoms with Gasteiger partial charge in [-0.2, -0.15) is 20.7 Å². The van der Waals surface area contributed by atoms with Crippen LogP contribution in [0.5, 0.6) is 0 Å². The molecule has 0 bridgehead atoms. The fourth-order valence-electron chi connectivity index (χ4n) is 4.47. The van der Waals surface area contributed by atoms with Crippen LogP contribution in [0.2, 0.25) is 0 Å². The molecule has 0 unspecified atom stereocenters. The topological polar surface area (TPSA) is 146 Å². The number of pyridine rings is 2. The van der Waals surface area contributed by atoms with Crippen LogP contribution in [0.4, 0.5) is 5.82 Å². The highest BCUT2D eigenvalue weighted by Crippen LogP contribution is 2.47. The van der Waals surface area contributed by atoms with Gasteiger partial charge in [-0.25, -0.2) is 4.98 Å². The van der Waals surface area contributed by atoms with Crippen LogP contribution in [0.1, 0.15) is 25.0 Å². The molecule has 152 valence electrons. The van der Waals surface area contributed by atoms with Gasteiger partial charge in [-0.3, -0.25) is 14.8 Å². The molecule has 0 aromatic carbocycles. The summed E-state index contributed by atoms with van der Waals surface area (Å²) in [6, 6.07) is 12.2. The summed E-state index contributed by atoms with van der Waals surface area (Å²) in [5.41, 5.74) is 10.00. The molecule has 1 aliphatic rings. The zero-order chi connectivity index (χ0) is 21.6. The van der Waals surface area contributed by atoms with Crippen LogP contribution in [0.3, 0.4) is 0 Å². The van der Waals surface area contributed by atoms with E-state index in [4.69, 9.17) is 15.8 Å². The fraction of sp³-hybridized carbons (Fsp3) is 0.273. The van der Waals surface area contributed by atoms with Gasteiger partial charge in [0.1, 0.15) is 17.2 Å². The number of nitrogen functional groups attached to an aromatic ring is 1. The van der Waals surface area contributed by atoms with E-state index in [1.165, 1.54) is 0 Å². The normalized spacial score (nSPS) is 20.2. The van der Waals surface area contributed by atoms with Gasteiger partial charge >= 0.3 is 0 Å². The highest BCUT2D eigenvalue weighted by Gasteiger charge is 2.47. The van der Waals surface area contributed by atoms with Crippen LogP contribution in [-0.4, -0.2) is 29.9 Å². The molecular formula is C22H19N9. The number of aromatic amines is 1. The zero-order valence-corrected chi connectivity index (χ0v) is 16.9. The molecule has 4 aromatic rings. The maximum absolute atomic E-state index is 9.40. The van der Waals surface area contributed by atoms with Gasteiger partial charge in [0, 0.05) is 17.3 Å². The van der Waals surface area contributed by atoms with Gasteiger partial charge in [-0.15, -0.1) is 0 Å². The van der Waals surface area contributed by atoms with Gasteiger partial charge < -0.3 is 5.73 Å². The highest BCUT2D eigenvalue weighted by molar-refractivity contribution is 5.94. The Morgan fingerprint density at radius 3 is 2.84 bits per heavy atom. The molecule has 0 amide bonds. The SMILES string of the molecule is Cc1cc(-c2nc(-c3cn[nH]c3N)cc3ncccc23)nn1C1(CC#N)CC(C#N)C1. The van der Waals surface area contributed by atoms with Crippen LogP contribution >= 0.6 is 0 Å². The first kappa shape index (κ1) is 18.8. The molecular weight excluding hydrogens is 390 g/mol. The number of hydrogen-bond donors (Lipinski definition) is 2. The van der Waals surface area contributed by atoms with Crippen LogP contribution in [0, 0.1) is 35.5 Å². The van der Waals surface area contributed by atoms with E-state index in [0.717, 1.165) is 16.6 Å². The van der Waals surface area contributed by atoms with Gasteiger partial charge in [0.25, 0.3) is 0 Å². The minimum atomic E-state index is -0.446. The molecule has 0 saturated heterocycles. The number of nitrogens with zero attached hydrogens (tertiary/aromatic N) is 7. The van der Waals surface area contributed by atoms with E-state index in [9.17, 15) is 10.5 Å². The van der Waals surface area contributed by atoms with E-state index in [0.29, 0.717) is 47.7 Å². The minimum Gasteiger partial charge on any atom is -0.384 e. The van der Waals surface area contributed by atoms with Gasteiger partial charge in [0.2, 0.25) is 0 Å². The molecule has 9 nitrogen and oxygen atoms in total. The number of aromatic nitrogens is 6. The number of nitrogens with two attached hydrogens (primary N) is 1. The maximum atomic E-state index is 9.40. The molecule has 1 saturated carbocycles. The largest absolute Gasteiger partial charge is 0.384 e. The Morgan fingerprint density at radius 2 is 2.13 bits per heavy atom. The number of rotatable bonds is 4. The Balaban J connectivity index is 1.67. The number of hydrogen-bond acceptors (Lipinski definition) is 7. The molecule has 31 heavy (non-hydrogen) atoms. The molecule has 5 rings (SSSR count). The summed E-state index contributed by atoms with van der Waals surface area (Å²) >= 11 is 0. The number of H-pyrrole nitrogens is 1. The zero-order valence-electron chi connectivity index (χ0n) is 16.9. The van der Waals surface area contributed by atoms with Crippen molar-refractivity contribution in [1.29, 1.82) is 10.5 Å². The molecule has 9 heteroatoms. The molecule has 0 radical (unpaired) electrons. The van der Waals surface area contributed by atoms with Gasteiger partial charge in [-0.05, 0) is 44.0 Å². The van der Waals surface area contributed by atoms with Crippen molar-refractivity contribution < 1.29 is 0 Å². The van der Waals surface area contributed by atoms with E-state index in [1.54, 1.807) is 12.4 Å². The van der Waals surface area contributed by atoms with Crippen molar-refractivity contribution in [1.82, 2.24) is 29.9 Å². The average molecular weight is 409 g/mol. The summed E-state index contributed by atoms with van der Waals surface area (Å²) in [5, 5.41) is 31.1. The third-order valence-electron chi connectivity index (χ3n) is 5.97. The molecule has 0 spiro atoms. The Bertz CT molecular complexity index is 1380. The Labute approximate surface area is 178 Å². The van der Waals surface area contributed by atoms with E-state index >= 15 is 0 Å². The minimum absolute atomic E-state index is 0.0454. The summed E-state index contributed by atoms with van der Waals surface area (Å²) in [5.74, 6) is 0.386. The fourth-order valence-corrected chi connectivity index (χ4v) is 4.47. The summed E-state index contributed by atoms with van der Waals surface area (Å²) < 4.78 is 1.90. The predicted octanol–water partition coefficient (Wildman–Crippen LogP) is 3.32. The molecule has 4 heterocycles. The quantitative estimate of drug-likeness (QED) is 0.525. The lowest BCUT2D eigenvalue weighted by Crippen LogP contribution is -2.46. The highest BCUT2D eigenvalue weighted by atomic mass is 15.3. The summed E-state index contributed by atoms with van der Waals surface area (Å²) in [6.07, 6.45) is 4.93. The van der Waals surface area contributed by atoms with Crippen LogP contribution in [0.15, 0.2) is 36.7 Å². The van der Waals surface area contributed by atoms with E-state index < -0.39 is 5.54 Å². The Hall–Kier alpha value is -4.24. The lowest BCUT2D eigenvalue weighted by molar-refractivity contribution is 0.0859. The van der Waals surface area contributed by atoms with E-state index in [2.05, 4.69) is 27.3 Å². The number of aryl methyl sites for hydroxylation is 1. The third-order valence-corrected chi connectivity index (χ3v) is 5.97. The monoisotopic (exact) mass is 409 g/mol. The second-order valence-electron chi connectivity index (χ2n) is 8.00. The van der Waals surface area contributed by atoms with Gasteiger partial charge in [-0.1, -0.05) is 0 Å². The molecule has 0 atom stereocenters. The van der Waals surface area contributed by atoms with Crippen LogP contribution in [-0.2, 0) is 5.54 Å². The number of nitriles is 2. The third kappa shape index (κ3) is 2.90. The smallest absolute Gasteiger partial charge is 0.128 e. The van der Waals surface area contributed by atoms with Crippen molar-refractivity contribution in [2.75, 3.05) is 5.73 Å². The van der Waals surface area contributed by atoms with Crippen LogP contribution in [0.25, 0.3) is 33.5 Å². The number of anilines is 1. The van der Waals surface area contributed by atoms with Gasteiger partial charge in [0.05, 0.1) is 53.0 Å². The average Bonchev–Trinajstić information content (AvgIpc) is 3.35. The predicted molar refractivity (Wildman–Crippen MR) is 114 cm³/mol. The standard InChI is InChI=1S/C22H19N9/c1-13-7-19(30-31(13)22(4-5-23)9-14(10-22)11-24)20-15-3-2-6-26-17(15)8-18(28-20)16-12-27-29-21(16)25/h2-3,6-8,12,14H,4,9-10H2,1H3,(H3,25,27,29). The Morgan fingerprint density at radius 1 is 1.29 bits per heavy atom. The number of nitrogens with one attached hydrogen (secondary N) is 1.